The van der Waals surface area contributed by atoms with E-state index in [0.717, 1.165) is 12.5 Å². The number of rotatable bonds is 4. The molecule has 4 unspecified atom stereocenters. The lowest BCUT2D eigenvalue weighted by Gasteiger charge is -2.47. The Morgan fingerprint density at radius 3 is 2.56 bits per heavy atom. The largest absolute Gasteiger partial charge is 0.394 e. The smallest absolute Gasteiger partial charge is 0.363 e. The van der Waals surface area contributed by atoms with Gasteiger partial charge in [0, 0.05) is 25.8 Å². The third kappa shape index (κ3) is 4.01. The Kier molecular flexibility index (Phi) is 5.48. The lowest BCUT2D eigenvalue weighted by atomic mass is 9.63. The summed E-state index contributed by atoms with van der Waals surface area (Å²) in [7, 11) is 3.55. The van der Waals surface area contributed by atoms with Crippen molar-refractivity contribution in [3.8, 4) is 5.69 Å². The van der Waals surface area contributed by atoms with E-state index in [4.69, 9.17) is 11.6 Å². The summed E-state index contributed by atoms with van der Waals surface area (Å²) in [6, 6.07) is 6.88. The molecule has 2 heterocycles. The second-order valence-electron chi connectivity index (χ2n) is 12.1. The van der Waals surface area contributed by atoms with Crippen molar-refractivity contribution in [3.63, 3.8) is 0 Å². The Bertz CT molecular complexity index is 1600. The van der Waals surface area contributed by atoms with E-state index in [9.17, 15) is 27.2 Å². The molecule has 3 aliphatic rings. The third-order valence-electron chi connectivity index (χ3n) is 8.88. The third-order valence-corrected chi connectivity index (χ3v) is 9.18. The molecule has 6 rings (SSSR count). The number of aromatic nitrogens is 2. The van der Waals surface area contributed by atoms with Crippen LogP contribution in [0.15, 0.2) is 41.3 Å². The zero-order chi connectivity index (χ0) is 28.1. The molecule has 3 fully saturated rings. The number of hydrogen-bond donors (Lipinski definition) is 1. The molecule has 11 heteroatoms. The van der Waals surface area contributed by atoms with Crippen LogP contribution in [0.4, 0.5) is 23.4 Å². The molecule has 0 radical (unpaired) electrons. The van der Waals surface area contributed by atoms with E-state index in [0.29, 0.717) is 12.2 Å². The molecule has 1 spiro atoms. The van der Waals surface area contributed by atoms with Gasteiger partial charge in [0.15, 0.2) is 5.65 Å². The number of fused-ring (bicyclic) bond motifs is 2. The highest BCUT2D eigenvalue weighted by Crippen LogP contribution is 2.79. The molecule has 3 saturated carbocycles. The molecule has 1 amide bonds. The fraction of sp³-hybridized carbons (Fsp3) is 0.464. The Hall–Kier alpha value is -3.14. The van der Waals surface area contributed by atoms with Crippen molar-refractivity contribution in [1.82, 2.24) is 14.9 Å². The molecule has 4 atom stereocenters. The number of amides is 1. The van der Waals surface area contributed by atoms with Gasteiger partial charge in [0.05, 0.1) is 21.5 Å². The summed E-state index contributed by atoms with van der Waals surface area (Å²) in [5.74, 6) is -0.772. The van der Waals surface area contributed by atoms with Crippen LogP contribution in [0.5, 0.6) is 0 Å². The second kappa shape index (κ2) is 8.19. The van der Waals surface area contributed by atoms with E-state index >= 15 is 0 Å². The summed E-state index contributed by atoms with van der Waals surface area (Å²) in [6.45, 7) is 1.65. The average Bonchev–Trinajstić information content (AvgIpc) is 3.38. The highest BCUT2D eigenvalue weighted by molar-refractivity contribution is 6.32. The summed E-state index contributed by atoms with van der Waals surface area (Å²) in [5, 5.41) is 2.98. The minimum Gasteiger partial charge on any atom is -0.363 e. The Labute approximate surface area is 227 Å². The van der Waals surface area contributed by atoms with Crippen LogP contribution in [0, 0.1) is 22.6 Å². The predicted octanol–water partition coefficient (Wildman–Crippen LogP) is 5.88. The van der Waals surface area contributed by atoms with Gasteiger partial charge in [-0.3, -0.25) is 14.2 Å². The van der Waals surface area contributed by atoms with Gasteiger partial charge < -0.3 is 10.2 Å². The first kappa shape index (κ1) is 26.1. The zero-order valence-corrected chi connectivity index (χ0v) is 22.4. The van der Waals surface area contributed by atoms with Crippen molar-refractivity contribution in [1.29, 1.82) is 0 Å². The van der Waals surface area contributed by atoms with Crippen molar-refractivity contribution >= 4 is 34.4 Å². The van der Waals surface area contributed by atoms with Crippen LogP contribution in [-0.4, -0.2) is 41.3 Å². The maximum absolute atomic E-state index is 14.2. The van der Waals surface area contributed by atoms with Gasteiger partial charge in [-0.2, -0.15) is 13.2 Å². The van der Waals surface area contributed by atoms with E-state index < -0.39 is 39.7 Å². The lowest BCUT2D eigenvalue weighted by molar-refractivity contribution is -0.241. The van der Waals surface area contributed by atoms with Gasteiger partial charge in [-0.05, 0) is 80.7 Å². The molecule has 1 aromatic carbocycles. The SMILES string of the molecule is CN(C)c1ccc2c(=O)c(C(=O)NC3(C)CC45CC4CC(C(F)(F)F)(C3)C5)cn(-c3ccc(F)cc3Cl)c2n1. The molecule has 3 aliphatic carbocycles. The van der Waals surface area contributed by atoms with E-state index in [1.807, 2.05) is 0 Å². The normalized spacial score (nSPS) is 29.3. The highest BCUT2D eigenvalue weighted by Gasteiger charge is 2.76. The van der Waals surface area contributed by atoms with Crippen LogP contribution in [0.25, 0.3) is 16.7 Å². The van der Waals surface area contributed by atoms with Crippen LogP contribution >= 0.6 is 11.6 Å². The maximum atomic E-state index is 14.2. The van der Waals surface area contributed by atoms with Crippen LogP contribution in [0.1, 0.15) is 49.4 Å². The van der Waals surface area contributed by atoms with Gasteiger partial charge in [0.1, 0.15) is 17.2 Å². The molecule has 0 saturated heterocycles. The average molecular weight is 563 g/mol. The lowest BCUT2D eigenvalue weighted by Crippen LogP contribution is -2.56. The quantitative estimate of drug-likeness (QED) is 0.404. The number of nitrogens with zero attached hydrogens (tertiary/aromatic N) is 3. The first-order chi connectivity index (χ1) is 18.2. The van der Waals surface area contributed by atoms with Crippen LogP contribution in [-0.2, 0) is 0 Å². The minimum atomic E-state index is -4.37. The first-order valence-electron chi connectivity index (χ1n) is 12.7. The number of anilines is 1. The zero-order valence-electron chi connectivity index (χ0n) is 21.6. The fourth-order valence-corrected chi connectivity index (χ4v) is 7.62. The molecule has 2 aromatic heterocycles. The summed E-state index contributed by atoms with van der Waals surface area (Å²) < 4.78 is 58.0. The second-order valence-corrected chi connectivity index (χ2v) is 12.5. The van der Waals surface area contributed by atoms with Crippen LogP contribution < -0.4 is 15.6 Å². The van der Waals surface area contributed by atoms with E-state index in [2.05, 4.69) is 10.3 Å². The Morgan fingerprint density at radius 2 is 1.90 bits per heavy atom. The minimum absolute atomic E-state index is 0.0216. The molecule has 6 nitrogen and oxygen atoms in total. The van der Waals surface area contributed by atoms with Crippen molar-refractivity contribution in [2.45, 2.75) is 50.7 Å². The molecular formula is C28H27ClF4N4O2. The van der Waals surface area contributed by atoms with Crippen molar-refractivity contribution in [3.05, 3.63) is 63.2 Å². The number of benzene rings is 1. The summed E-state index contributed by atoms with van der Waals surface area (Å²) in [6.07, 6.45) is -1.95. The number of halogens is 5. The van der Waals surface area contributed by atoms with E-state index in [1.54, 1.807) is 38.1 Å². The topological polar surface area (TPSA) is 67.2 Å². The maximum Gasteiger partial charge on any atom is 0.394 e. The van der Waals surface area contributed by atoms with Gasteiger partial charge in [-0.15, -0.1) is 0 Å². The van der Waals surface area contributed by atoms with Crippen molar-refractivity contribution < 1.29 is 22.4 Å². The van der Waals surface area contributed by atoms with Gasteiger partial charge >= 0.3 is 6.18 Å². The molecule has 39 heavy (non-hydrogen) atoms. The van der Waals surface area contributed by atoms with Gasteiger partial charge in [-0.1, -0.05) is 11.6 Å². The summed E-state index contributed by atoms with van der Waals surface area (Å²) in [4.78, 5) is 33.5. The predicted molar refractivity (Wildman–Crippen MR) is 140 cm³/mol. The highest BCUT2D eigenvalue weighted by atomic mass is 35.5. The molecular weight excluding hydrogens is 536 g/mol. The molecule has 1 N–H and O–H groups in total. The van der Waals surface area contributed by atoms with E-state index in [1.165, 1.54) is 22.9 Å². The van der Waals surface area contributed by atoms with Gasteiger partial charge in [-0.25, -0.2) is 9.37 Å². The number of alkyl halides is 3. The number of nitrogens with one attached hydrogen (secondary N) is 1. The molecule has 0 aliphatic heterocycles. The number of carbonyl (C=O) groups is 1. The van der Waals surface area contributed by atoms with Crippen LogP contribution in [0.2, 0.25) is 5.02 Å². The van der Waals surface area contributed by atoms with E-state index in [-0.39, 0.29) is 52.5 Å². The summed E-state index contributed by atoms with van der Waals surface area (Å²) >= 11 is 6.35. The molecule has 3 aromatic rings. The summed E-state index contributed by atoms with van der Waals surface area (Å²) in [5.41, 5.74) is -3.74. The van der Waals surface area contributed by atoms with Crippen molar-refractivity contribution in [2.75, 3.05) is 19.0 Å². The molecule has 2 bridgehead atoms. The Balaban J connectivity index is 1.45. The molecule has 206 valence electrons. The van der Waals surface area contributed by atoms with Gasteiger partial charge in [0.2, 0.25) is 5.43 Å². The number of carbonyl (C=O) groups excluding carboxylic acids is 1. The van der Waals surface area contributed by atoms with Crippen molar-refractivity contribution in [2.24, 2.45) is 16.7 Å². The first-order valence-corrected chi connectivity index (χ1v) is 13.1. The number of pyridine rings is 2. The standard InChI is InChI=1S/C28H27ClF4N4O2/c1-25(12-26-9-15(26)10-27(13-25,14-26)28(31,32)33)35-24(39)18-11-37(20-6-4-16(30)8-19(20)29)23-17(22(18)38)5-7-21(34-23)36(2)3/h4-8,11,15H,9-10,12-14H2,1-3H3,(H,35,39). The van der Waals surface area contributed by atoms with Gasteiger partial charge in [0.25, 0.3) is 5.91 Å². The van der Waals surface area contributed by atoms with Crippen LogP contribution in [0.3, 0.4) is 0 Å². The number of hydrogen-bond acceptors (Lipinski definition) is 4. The monoisotopic (exact) mass is 562 g/mol. The Morgan fingerprint density at radius 1 is 1.15 bits per heavy atom. The fourth-order valence-electron chi connectivity index (χ4n) is 7.37.